The molecule has 0 spiro atoms. The van der Waals surface area contributed by atoms with Crippen LogP contribution in [0.2, 0.25) is 0 Å². The summed E-state index contributed by atoms with van der Waals surface area (Å²) in [5, 5.41) is 2.62. The number of ketones is 2. The number of nitrogens with one attached hydrogen (secondary N) is 1. The fraction of sp³-hybridized carbons (Fsp3) is 0.154. The largest absolute Gasteiger partial charge is 0.455 e. The number of anilines is 1. The summed E-state index contributed by atoms with van der Waals surface area (Å²) in [7, 11) is 0. The smallest absolute Gasteiger partial charge is 0.316 e. The molecule has 3 aromatic carbocycles. The SMILES string of the molecule is CC(C)(C(=O)OCC(=O)Nc1ccc2c(c1)C(=O)c1ccccc1C2=O)c1ccccc1. The standard InChI is InChI=1S/C26H21NO5/c1-26(2,16-8-4-3-5-9-16)25(31)32-15-22(28)27-17-12-13-20-21(14-17)24(30)19-11-7-6-10-18(19)23(20)29/h3-14H,15H2,1-2H3,(H,27,28). The van der Waals surface area contributed by atoms with E-state index in [-0.39, 0.29) is 17.1 Å². The van der Waals surface area contributed by atoms with Crippen molar-refractivity contribution in [3.63, 3.8) is 0 Å². The first-order chi connectivity index (χ1) is 15.3. The third-order valence-electron chi connectivity index (χ3n) is 5.55. The van der Waals surface area contributed by atoms with Crippen LogP contribution >= 0.6 is 0 Å². The number of fused-ring (bicyclic) bond motifs is 2. The number of carbonyl (C=O) groups is 4. The van der Waals surface area contributed by atoms with E-state index < -0.39 is 23.9 Å². The maximum Gasteiger partial charge on any atom is 0.316 e. The fourth-order valence-corrected chi connectivity index (χ4v) is 3.66. The summed E-state index contributed by atoms with van der Waals surface area (Å²) < 4.78 is 5.22. The molecule has 0 atom stereocenters. The van der Waals surface area contributed by atoms with E-state index in [2.05, 4.69) is 5.32 Å². The van der Waals surface area contributed by atoms with Crippen LogP contribution in [0.15, 0.2) is 72.8 Å². The highest BCUT2D eigenvalue weighted by atomic mass is 16.5. The maximum absolute atomic E-state index is 12.8. The lowest BCUT2D eigenvalue weighted by atomic mass is 9.84. The molecule has 0 aliphatic heterocycles. The van der Waals surface area contributed by atoms with Crippen molar-refractivity contribution in [2.75, 3.05) is 11.9 Å². The molecule has 1 amide bonds. The Bertz CT molecular complexity index is 1240. The number of hydrogen-bond acceptors (Lipinski definition) is 5. The molecule has 0 aromatic heterocycles. The van der Waals surface area contributed by atoms with Gasteiger partial charge in [0, 0.05) is 27.9 Å². The number of rotatable bonds is 5. The summed E-state index contributed by atoms with van der Waals surface area (Å²) in [5.74, 6) is -1.58. The Balaban J connectivity index is 1.44. The zero-order valence-electron chi connectivity index (χ0n) is 17.7. The van der Waals surface area contributed by atoms with Gasteiger partial charge in [-0.1, -0.05) is 54.6 Å². The topological polar surface area (TPSA) is 89.5 Å². The lowest BCUT2D eigenvalue weighted by Gasteiger charge is -2.23. The highest BCUT2D eigenvalue weighted by molar-refractivity contribution is 6.28. The molecule has 6 nitrogen and oxygen atoms in total. The van der Waals surface area contributed by atoms with Gasteiger partial charge in [0.2, 0.25) is 0 Å². The number of esters is 1. The first-order valence-electron chi connectivity index (χ1n) is 10.1. The Morgan fingerprint density at radius 1 is 0.781 bits per heavy atom. The lowest BCUT2D eigenvalue weighted by molar-refractivity contribution is -0.152. The Morgan fingerprint density at radius 2 is 1.34 bits per heavy atom. The van der Waals surface area contributed by atoms with Gasteiger partial charge in [-0.25, -0.2) is 0 Å². The Morgan fingerprint density at radius 3 is 2.00 bits per heavy atom. The van der Waals surface area contributed by atoms with E-state index in [9.17, 15) is 19.2 Å². The predicted octanol–water partition coefficient (Wildman–Crippen LogP) is 3.92. The molecule has 0 unspecified atom stereocenters. The van der Waals surface area contributed by atoms with Crippen LogP contribution in [0.5, 0.6) is 0 Å². The second-order valence-electron chi connectivity index (χ2n) is 8.08. The summed E-state index contributed by atoms with van der Waals surface area (Å²) in [5.41, 5.74) is 1.45. The van der Waals surface area contributed by atoms with Crippen molar-refractivity contribution in [2.45, 2.75) is 19.3 Å². The van der Waals surface area contributed by atoms with E-state index in [1.807, 2.05) is 30.3 Å². The van der Waals surface area contributed by atoms with Gasteiger partial charge in [-0.15, -0.1) is 0 Å². The van der Waals surface area contributed by atoms with Crippen molar-refractivity contribution in [1.29, 1.82) is 0 Å². The third kappa shape index (κ3) is 3.83. The Kier molecular flexibility index (Phi) is 5.45. The first-order valence-corrected chi connectivity index (χ1v) is 10.1. The number of hydrogen-bond donors (Lipinski definition) is 1. The predicted molar refractivity (Wildman–Crippen MR) is 119 cm³/mol. The number of carbonyl (C=O) groups excluding carboxylic acids is 4. The Labute approximate surface area is 185 Å². The number of ether oxygens (including phenoxy) is 1. The van der Waals surface area contributed by atoms with Gasteiger partial charge in [0.25, 0.3) is 5.91 Å². The first kappa shape index (κ1) is 21.2. The molecule has 0 radical (unpaired) electrons. The molecule has 0 fully saturated rings. The van der Waals surface area contributed by atoms with Gasteiger partial charge in [-0.2, -0.15) is 0 Å². The van der Waals surface area contributed by atoms with E-state index in [0.29, 0.717) is 22.4 Å². The molecule has 6 heteroatoms. The van der Waals surface area contributed by atoms with E-state index in [4.69, 9.17) is 4.74 Å². The van der Waals surface area contributed by atoms with Crippen LogP contribution < -0.4 is 5.32 Å². The highest BCUT2D eigenvalue weighted by Gasteiger charge is 2.32. The number of benzene rings is 3. The average molecular weight is 427 g/mol. The molecule has 32 heavy (non-hydrogen) atoms. The van der Waals surface area contributed by atoms with Crippen molar-refractivity contribution in [2.24, 2.45) is 0 Å². The van der Waals surface area contributed by atoms with Gasteiger partial charge < -0.3 is 10.1 Å². The fourth-order valence-electron chi connectivity index (χ4n) is 3.66. The normalized spacial score (nSPS) is 12.6. The summed E-state index contributed by atoms with van der Waals surface area (Å²) in [4.78, 5) is 50.4. The average Bonchev–Trinajstić information content (AvgIpc) is 2.81. The molecule has 0 bridgehead atoms. The third-order valence-corrected chi connectivity index (χ3v) is 5.55. The minimum Gasteiger partial charge on any atom is -0.455 e. The van der Waals surface area contributed by atoms with E-state index in [1.165, 1.54) is 12.1 Å². The molecule has 1 aliphatic rings. The Hall–Kier alpha value is -4.06. The summed E-state index contributed by atoms with van der Waals surface area (Å²) >= 11 is 0. The molecule has 4 rings (SSSR count). The monoisotopic (exact) mass is 427 g/mol. The number of amides is 1. The van der Waals surface area contributed by atoms with Crippen molar-refractivity contribution in [3.05, 3.63) is 101 Å². The van der Waals surface area contributed by atoms with Crippen LogP contribution in [0.4, 0.5) is 5.69 Å². The molecular weight excluding hydrogens is 406 g/mol. The van der Waals surface area contributed by atoms with Crippen LogP contribution in [0, 0.1) is 0 Å². The van der Waals surface area contributed by atoms with Crippen LogP contribution in [0.25, 0.3) is 0 Å². The van der Waals surface area contributed by atoms with Gasteiger partial charge >= 0.3 is 5.97 Å². The quantitative estimate of drug-likeness (QED) is 0.488. The summed E-state index contributed by atoms with van der Waals surface area (Å²) in [6, 6.07) is 20.3. The molecular formula is C26H21NO5. The molecule has 1 aliphatic carbocycles. The molecule has 0 heterocycles. The zero-order chi connectivity index (χ0) is 22.9. The van der Waals surface area contributed by atoms with Crippen molar-refractivity contribution in [1.82, 2.24) is 0 Å². The second-order valence-corrected chi connectivity index (χ2v) is 8.08. The van der Waals surface area contributed by atoms with Crippen LogP contribution in [-0.2, 0) is 19.7 Å². The van der Waals surface area contributed by atoms with E-state index >= 15 is 0 Å². The van der Waals surface area contributed by atoms with Gasteiger partial charge in [-0.05, 0) is 37.6 Å². The maximum atomic E-state index is 12.8. The van der Waals surface area contributed by atoms with E-state index in [0.717, 1.165) is 5.56 Å². The lowest BCUT2D eigenvalue weighted by Crippen LogP contribution is -2.33. The van der Waals surface area contributed by atoms with Gasteiger partial charge in [0.1, 0.15) is 0 Å². The van der Waals surface area contributed by atoms with Crippen LogP contribution in [0.1, 0.15) is 51.3 Å². The van der Waals surface area contributed by atoms with E-state index in [1.54, 1.807) is 44.2 Å². The van der Waals surface area contributed by atoms with Crippen molar-refractivity contribution >= 4 is 29.1 Å². The molecule has 1 N–H and O–H groups in total. The zero-order valence-corrected chi connectivity index (χ0v) is 17.7. The molecule has 0 saturated carbocycles. The summed E-state index contributed by atoms with van der Waals surface area (Å²) in [6.07, 6.45) is 0. The van der Waals surface area contributed by atoms with Crippen molar-refractivity contribution < 1.29 is 23.9 Å². The molecule has 3 aromatic rings. The minimum absolute atomic E-state index is 0.230. The molecule has 160 valence electrons. The van der Waals surface area contributed by atoms with Crippen LogP contribution in [0.3, 0.4) is 0 Å². The summed E-state index contributed by atoms with van der Waals surface area (Å²) in [6.45, 7) is 2.99. The van der Waals surface area contributed by atoms with Gasteiger partial charge in [0.15, 0.2) is 18.2 Å². The van der Waals surface area contributed by atoms with Crippen molar-refractivity contribution in [3.8, 4) is 0 Å². The second kappa shape index (κ2) is 8.23. The van der Waals surface area contributed by atoms with Gasteiger partial charge in [-0.3, -0.25) is 19.2 Å². The van der Waals surface area contributed by atoms with Gasteiger partial charge in [0.05, 0.1) is 5.41 Å². The highest BCUT2D eigenvalue weighted by Crippen LogP contribution is 2.29. The minimum atomic E-state index is -0.909. The van der Waals surface area contributed by atoms with Crippen LogP contribution in [-0.4, -0.2) is 30.0 Å². The molecule has 0 saturated heterocycles.